The molecule has 0 aromatic heterocycles. The number of guanidine groups is 4. The van der Waals surface area contributed by atoms with Gasteiger partial charge in [-0.2, -0.15) is 0 Å². The van der Waals surface area contributed by atoms with E-state index in [0.29, 0.717) is 105 Å². The molecule has 20 N–H and O–H groups in total. The molecule has 1 aliphatic carbocycles. The van der Waals surface area contributed by atoms with E-state index in [1.54, 1.807) is 0 Å². The number of nitrogens with two attached hydrogens (primary N) is 8. The van der Waals surface area contributed by atoms with Crippen LogP contribution < -0.4 is 84.8 Å². The zero-order valence-electron chi connectivity index (χ0n) is 35.0. The summed E-state index contributed by atoms with van der Waals surface area (Å²) in [6.07, 6.45) is 1.74. The van der Waals surface area contributed by atoms with Gasteiger partial charge in [-0.15, -0.1) is 0 Å². The third kappa shape index (κ3) is 11.3. The van der Waals surface area contributed by atoms with Crippen LogP contribution in [0.1, 0.15) is 66.8 Å². The molecule has 0 radical (unpaired) electrons. The fourth-order valence-corrected chi connectivity index (χ4v) is 8.16. The largest absolute Gasteiger partial charge is 0.491 e. The van der Waals surface area contributed by atoms with E-state index in [2.05, 4.69) is 68.5 Å². The Balaban J connectivity index is 1.58. The van der Waals surface area contributed by atoms with Gasteiger partial charge in [0.25, 0.3) is 0 Å². The van der Waals surface area contributed by atoms with E-state index in [1.165, 1.54) is 0 Å². The summed E-state index contributed by atoms with van der Waals surface area (Å²) in [6, 6.07) is 16.9. The quantitative estimate of drug-likeness (QED) is 0.0511. The summed E-state index contributed by atoms with van der Waals surface area (Å²) < 4.78 is 39.1. The van der Waals surface area contributed by atoms with Crippen LogP contribution in [0.15, 0.2) is 48.5 Å². The highest BCUT2D eigenvalue weighted by atomic mass is 16.6. The van der Waals surface area contributed by atoms with Crippen molar-refractivity contribution in [3.05, 3.63) is 115 Å². The smallest absolute Gasteiger partial charge is 0.339 e. The maximum absolute atomic E-state index is 6.74. The lowest BCUT2D eigenvalue weighted by molar-refractivity contribution is -0.477. The minimum atomic E-state index is 0.112. The Kier molecular flexibility index (Phi) is 14.0. The number of nitrogens with one attached hydrogen (secondary N) is 4. The van der Waals surface area contributed by atoms with Crippen LogP contribution in [0.4, 0.5) is 0 Å². The first-order chi connectivity index (χ1) is 30.0. The second kappa shape index (κ2) is 20.1. The molecule has 4 aromatic carbocycles. The molecule has 7 rings (SSSR count). The van der Waals surface area contributed by atoms with Gasteiger partial charge in [0.1, 0.15) is 49.4 Å². The zero-order valence-corrected chi connectivity index (χ0v) is 35.0. The molecule has 12 bridgehead atoms. The predicted octanol–water partition coefficient (Wildman–Crippen LogP) is -6.65. The molecular weight excluding hydrogens is 793 g/mol. The van der Waals surface area contributed by atoms with Crippen molar-refractivity contribution in [1.29, 1.82) is 0 Å². The Labute approximate surface area is 360 Å². The fourth-order valence-electron chi connectivity index (χ4n) is 8.16. The highest BCUT2D eigenvalue weighted by Crippen LogP contribution is 2.41. The van der Waals surface area contributed by atoms with Crippen LogP contribution >= 0.6 is 0 Å². The molecule has 0 atom stereocenters. The Morgan fingerprint density at radius 2 is 0.516 bits per heavy atom. The lowest BCUT2D eigenvalue weighted by Crippen LogP contribution is -2.76. The maximum Gasteiger partial charge on any atom is 0.339 e. The maximum atomic E-state index is 6.74. The molecule has 18 nitrogen and oxygen atoms in total. The average Bonchev–Trinajstić information content (AvgIpc) is 3.21. The molecule has 0 saturated carbocycles. The van der Waals surface area contributed by atoms with E-state index in [-0.39, 0.29) is 23.8 Å². The van der Waals surface area contributed by atoms with Crippen molar-refractivity contribution in [2.45, 2.75) is 51.9 Å². The number of hydrogen-bond acceptors (Lipinski definition) is 6. The van der Waals surface area contributed by atoms with Crippen molar-refractivity contribution in [1.82, 2.24) is 0 Å². The summed E-state index contributed by atoms with van der Waals surface area (Å²) in [5.41, 5.74) is 58.6. The van der Waals surface area contributed by atoms with Crippen LogP contribution in [0.5, 0.6) is 23.0 Å². The van der Waals surface area contributed by atoms with E-state index >= 15 is 0 Å². The summed E-state index contributed by atoms with van der Waals surface area (Å²) in [5, 5.41) is 0. The van der Waals surface area contributed by atoms with Crippen LogP contribution in [-0.4, -0.2) is 76.7 Å². The second-order valence-electron chi connectivity index (χ2n) is 15.5. The first-order valence-corrected chi connectivity index (χ1v) is 20.7. The van der Waals surface area contributed by atoms with Crippen LogP contribution in [0, 0.1) is 0 Å². The molecule has 0 saturated heterocycles. The first-order valence-electron chi connectivity index (χ1n) is 20.7. The highest BCUT2D eigenvalue weighted by Gasteiger charge is 2.25. The minimum Gasteiger partial charge on any atom is -0.491 e. The number of hydrogen-bond donors (Lipinski definition) is 12. The van der Waals surface area contributed by atoms with Gasteiger partial charge in [-0.05, 0) is 115 Å². The van der Waals surface area contributed by atoms with Crippen LogP contribution in [0.25, 0.3) is 0 Å². The van der Waals surface area contributed by atoms with E-state index in [4.69, 9.17) is 74.3 Å². The van der Waals surface area contributed by atoms with E-state index in [0.717, 1.165) is 89.8 Å². The molecule has 0 spiro atoms. The molecule has 3 aliphatic rings. The van der Waals surface area contributed by atoms with Crippen LogP contribution in [0.3, 0.4) is 0 Å². The van der Waals surface area contributed by atoms with Gasteiger partial charge in [-0.1, -0.05) is 0 Å². The zero-order chi connectivity index (χ0) is 43.6. The van der Waals surface area contributed by atoms with Crippen molar-refractivity contribution in [3.8, 4) is 23.0 Å². The number of ether oxygens (including phenoxy) is 6. The number of rotatable bonds is 8. The molecule has 4 aromatic rings. The van der Waals surface area contributed by atoms with Gasteiger partial charge in [-0.3, -0.25) is 65.8 Å². The van der Waals surface area contributed by atoms with Crippen molar-refractivity contribution < 1.29 is 48.4 Å². The summed E-state index contributed by atoms with van der Waals surface area (Å²) in [4.78, 5) is 12.4. The first kappa shape index (κ1) is 43.2. The van der Waals surface area contributed by atoms with Gasteiger partial charge >= 0.3 is 23.8 Å². The summed E-state index contributed by atoms with van der Waals surface area (Å²) in [6.45, 7) is 4.20. The topological polar surface area (TPSA) is 319 Å². The van der Waals surface area contributed by atoms with Gasteiger partial charge < -0.3 is 28.4 Å². The molecule has 328 valence electrons. The van der Waals surface area contributed by atoms with Gasteiger partial charge in [-0.25, -0.2) is 0 Å². The highest BCUT2D eigenvalue weighted by molar-refractivity contribution is 5.70. The minimum absolute atomic E-state index is 0.112. The number of benzene rings is 4. The van der Waals surface area contributed by atoms with E-state index in [1.807, 2.05) is 0 Å². The summed E-state index contributed by atoms with van der Waals surface area (Å²) >= 11 is 0. The molecule has 2 aliphatic heterocycles. The Hall–Kier alpha value is -6.92. The molecular formula is C44H60N12O6+4. The monoisotopic (exact) mass is 852 g/mol. The normalized spacial score (nSPS) is 14.8. The fraction of sp³-hybridized carbons (Fsp3) is 0.364. The van der Waals surface area contributed by atoms with Crippen molar-refractivity contribution >= 4 is 23.8 Å². The summed E-state index contributed by atoms with van der Waals surface area (Å²) in [5.74, 6) is 3.36. The molecule has 2 heterocycles. The Bertz CT molecular complexity index is 2060. The van der Waals surface area contributed by atoms with Gasteiger partial charge in [0, 0.05) is 25.7 Å². The predicted molar refractivity (Wildman–Crippen MR) is 233 cm³/mol. The third-order valence-corrected chi connectivity index (χ3v) is 10.6. The van der Waals surface area contributed by atoms with Crippen LogP contribution in [-0.2, 0) is 61.3 Å². The molecule has 18 heteroatoms. The summed E-state index contributed by atoms with van der Waals surface area (Å²) in [7, 11) is 0. The van der Waals surface area contributed by atoms with Gasteiger partial charge in [0.05, 0.1) is 52.6 Å². The SMILES string of the molecule is NC(N)=[NH+]Cc1cc2c3c(c1)Cc1cc(C[NH+]=C(N)N)cc4c1OCCOCCOc1c(cc(C[NH+]=C(N)N)cc1Cc1cc(C[NH+]=C(N)N)cc(c1OCCOCCO3)C2)C4. The molecule has 0 amide bonds. The molecule has 62 heavy (non-hydrogen) atoms. The lowest BCUT2D eigenvalue weighted by Gasteiger charge is -2.25. The molecule has 0 unspecified atom stereocenters. The van der Waals surface area contributed by atoms with E-state index in [9.17, 15) is 0 Å². The Morgan fingerprint density at radius 1 is 0.323 bits per heavy atom. The van der Waals surface area contributed by atoms with Crippen molar-refractivity contribution in [2.24, 2.45) is 45.9 Å². The van der Waals surface area contributed by atoms with E-state index < -0.39 is 0 Å². The van der Waals surface area contributed by atoms with Crippen molar-refractivity contribution in [2.75, 3.05) is 52.9 Å². The van der Waals surface area contributed by atoms with Gasteiger partial charge in [0.2, 0.25) is 0 Å². The second-order valence-corrected chi connectivity index (χ2v) is 15.5. The Morgan fingerprint density at radius 3 is 0.694 bits per heavy atom. The standard InChI is InChI=1S/C44H56N12O6/c45-41(46)53-21-25-9-29-17-30-10-26(22-54-42(47)48)15-35-20-36-16-28(24-56-44(51)52)12-32-18-31-11-27(23-55-43(49)50)14-34(39(31)61-7-3-58-4-8-62-40(32)36)19-33(13-25)37(29)59-5-1-57-2-6-60-38(30)35/h9-16H,1-8,17-24H2,(H4,45,46,53)(H4,47,48,54)(H4,49,50,55)(H4,51,52,56)/p+4. The van der Waals surface area contributed by atoms with Gasteiger partial charge in [0.15, 0.2) is 0 Å². The van der Waals surface area contributed by atoms with Crippen molar-refractivity contribution in [3.63, 3.8) is 0 Å². The lowest BCUT2D eigenvalue weighted by atomic mass is 9.88. The molecule has 0 fully saturated rings. The average molecular weight is 853 g/mol. The van der Waals surface area contributed by atoms with Crippen LogP contribution in [0.2, 0.25) is 0 Å². The third-order valence-electron chi connectivity index (χ3n) is 10.6.